The number of hydrogen-bond donors (Lipinski definition) is 3. The van der Waals surface area contributed by atoms with E-state index in [1.165, 1.54) is 0 Å². The van der Waals surface area contributed by atoms with Gasteiger partial charge in [-0.25, -0.2) is 0 Å². The molecule has 0 saturated carbocycles. The van der Waals surface area contributed by atoms with E-state index in [4.69, 9.17) is 5.73 Å². The molecular weight excluding hydrogens is 156 g/mol. The molecule has 1 aromatic rings. The van der Waals surface area contributed by atoms with Gasteiger partial charge in [0.1, 0.15) is 6.67 Å². The Morgan fingerprint density at radius 1 is 1.67 bits per heavy atom. The zero-order chi connectivity index (χ0) is 8.55. The van der Waals surface area contributed by atoms with Gasteiger partial charge in [0.15, 0.2) is 0 Å². The number of carbonyl (C=O) groups is 1. The van der Waals surface area contributed by atoms with E-state index in [9.17, 15) is 4.79 Å². The van der Waals surface area contributed by atoms with Crippen LogP contribution < -0.4 is 11.1 Å². The Kier molecular flexibility index (Phi) is 1.36. The van der Waals surface area contributed by atoms with Crippen molar-refractivity contribution in [2.45, 2.75) is 0 Å². The fourth-order valence-corrected chi connectivity index (χ4v) is 1.19. The molecule has 0 spiro atoms. The number of carbonyl (C=O) groups excluding carboxylic acids is 1. The third-order valence-electron chi connectivity index (χ3n) is 1.74. The summed E-state index contributed by atoms with van der Waals surface area (Å²) < 4.78 is 0. The summed E-state index contributed by atoms with van der Waals surface area (Å²) in [5.41, 5.74) is 7.17. The standard InChI is InChI=1S/C7H8N4O/c8-7(12)4-1-10-5-2-9-3-11-6(4)5/h1-2,10-11H,3H2,(H2,8,12). The van der Waals surface area contributed by atoms with Crippen molar-refractivity contribution in [3.05, 3.63) is 17.5 Å². The van der Waals surface area contributed by atoms with Gasteiger partial charge in [0.05, 0.1) is 16.9 Å². The van der Waals surface area contributed by atoms with Crippen molar-refractivity contribution in [3.63, 3.8) is 0 Å². The third-order valence-corrected chi connectivity index (χ3v) is 1.74. The van der Waals surface area contributed by atoms with Crippen LogP contribution in [0.15, 0.2) is 11.2 Å². The van der Waals surface area contributed by atoms with Crippen molar-refractivity contribution in [2.75, 3.05) is 12.0 Å². The van der Waals surface area contributed by atoms with Crippen LogP contribution in [0.25, 0.3) is 0 Å². The molecule has 1 aromatic heterocycles. The SMILES string of the molecule is NC(=O)c1c[nH]c2c1NCN=C2. The summed E-state index contributed by atoms with van der Waals surface area (Å²) in [4.78, 5) is 17.7. The molecule has 1 aliphatic heterocycles. The third kappa shape index (κ3) is 0.868. The molecule has 12 heavy (non-hydrogen) atoms. The first-order valence-electron chi connectivity index (χ1n) is 3.54. The molecule has 0 aliphatic carbocycles. The number of nitrogens with one attached hydrogen (secondary N) is 2. The van der Waals surface area contributed by atoms with Gasteiger partial charge in [0.2, 0.25) is 0 Å². The molecule has 1 aliphatic rings. The van der Waals surface area contributed by atoms with Crippen molar-refractivity contribution in [2.24, 2.45) is 10.7 Å². The minimum atomic E-state index is -0.435. The summed E-state index contributed by atoms with van der Waals surface area (Å²) in [5, 5.41) is 2.96. The Bertz CT molecular complexity index is 352. The molecule has 0 bridgehead atoms. The van der Waals surface area contributed by atoms with Gasteiger partial charge in [-0.1, -0.05) is 0 Å². The van der Waals surface area contributed by atoms with E-state index in [0.29, 0.717) is 12.2 Å². The molecule has 1 amide bonds. The van der Waals surface area contributed by atoms with Crippen molar-refractivity contribution in [3.8, 4) is 0 Å². The van der Waals surface area contributed by atoms with Crippen LogP contribution in [0.3, 0.4) is 0 Å². The lowest BCUT2D eigenvalue weighted by atomic mass is 10.2. The number of nitrogens with two attached hydrogens (primary N) is 1. The normalized spacial score (nSPS) is 13.7. The molecule has 0 unspecified atom stereocenters. The Balaban J connectivity index is 2.53. The number of anilines is 1. The average Bonchev–Trinajstić information content (AvgIpc) is 2.47. The maximum atomic E-state index is 10.9. The zero-order valence-electron chi connectivity index (χ0n) is 6.29. The number of aromatic amines is 1. The second-order valence-corrected chi connectivity index (χ2v) is 2.50. The van der Waals surface area contributed by atoms with Gasteiger partial charge < -0.3 is 16.0 Å². The molecule has 4 N–H and O–H groups in total. The maximum absolute atomic E-state index is 10.9. The monoisotopic (exact) mass is 164 g/mol. The molecule has 0 atom stereocenters. The van der Waals surface area contributed by atoms with Crippen LogP contribution in [0, 0.1) is 0 Å². The molecular formula is C7H8N4O. The molecule has 5 heteroatoms. The highest BCUT2D eigenvalue weighted by atomic mass is 16.1. The van der Waals surface area contributed by atoms with Crippen molar-refractivity contribution < 1.29 is 4.79 Å². The fourth-order valence-electron chi connectivity index (χ4n) is 1.19. The summed E-state index contributed by atoms with van der Waals surface area (Å²) in [6.07, 6.45) is 3.26. The van der Waals surface area contributed by atoms with Crippen LogP contribution in [0.2, 0.25) is 0 Å². The lowest BCUT2D eigenvalue weighted by molar-refractivity contribution is 0.100. The number of hydrogen-bond acceptors (Lipinski definition) is 3. The predicted octanol–water partition coefficient (Wildman–Crippen LogP) is -0.0845. The van der Waals surface area contributed by atoms with E-state index < -0.39 is 5.91 Å². The number of aromatic nitrogens is 1. The molecule has 0 saturated heterocycles. The van der Waals surface area contributed by atoms with Gasteiger partial charge >= 0.3 is 0 Å². The number of primary amides is 1. The highest BCUT2D eigenvalue weighted by Crippen LogP contribution is 2.20. The highest BCUT2D eigenvalue weighted by Gasteiger charge is 2.15. The van der Waals surface area contributed by atoms with E-state index >= 15 is 0 Å². The topological polar surface area (TPSA) is 83.3 Å². The van der Waals surface area contributed by atoms with Crippen LogP contribution in [-0.2, 0) is 0 Å². The molecule has 0 radical (unpaired) electrons. The number of amides is 1. The van der Waals surface area contributed by atoms with Gasteiger partial charge in [0, 0.05) is 12.4 Å². The molecule has 0 fully saturated rings. The van der Waals surface area contributed by atoms with Crippen LogP contribution in [0.4, 0.5) is 5.69 Å². The van der Waals surface area contributed by atoms with Gasteiger partial charge in [0.25, 0.3) is 5.91 Å². The first-order valence-corrected chi connectivity index (χ1v) is 3.54. The number of rotatable bonds is 1. The Labute approximate surface area is 68.7 Å². The Hall–Kier alpha value is -1.78. The largest absolute Gasteiger partial charge is 0.365 e. The Morgan fingerprint density at radius 2 is 2.50 bits per heavy atom. The van der Waals surface area contributed by atoms with Crippen LogP contribution in [0.5, 0.6) is 0 Å². The number of aliphatic imine (C=N–C) groups is 1. The average molecular weight is 164 g/mol. The maximum Gasteiger partial charge on any atom is 0.252 e. The van der Waals surface area contributed by atoms with E-state index in [2.05, 4.69) is 15.3 Å². The molecule has 62 valence electrons. The van der Waals surface area contributed by atoms with E-state index in [1.807, 2.05) is 0 Å². The molecule has 2 heterocycles. The first-order chi connectivity index (χ1) is 5.79. The lowest BCUT2D eigenvalue weighted by Gasteiger charge is -2.08. The molecule has 0 aromatic carbocycles. The van der Waals surface area contributed by atoms with E-state index in [0.717, 1.165) is 11.4 Å². The van der Waals surface area contributed by atoms with Crippen molar-refractivity contribution >= 4 is 17.8 Å². The zero-order valence-corrected chi connectivity index (χ0v) is 6.29. The summed E-state index contributed by atoms with van der Waals surface area (Å²) in [5.74, 6) is -0.435. The fraction of sp³-hybridized carbons (Fsp3) is 0.143. The van der Waals surface area contributed by atoms with E-state index in [1.54, 1.807) is 12.4 Å². The molecule has 5 nitrogen and oxygen atoms in total. The highest BCUT2D eigenvalue weighted by molar-refractivity contribution is 6.03. The Morgan fingerprint density at radius 3 is 3.25 bits per heavy atom. The second-order valence-electron chi connectivity index (χ2n) is 2.50. The number of fused-ring (bicyclic) bond motifs is 1. The van der Waals surface area contributed by atoms with Gasteiger partial charge in [-0.3, -0.25) is 9.79 Å². The number of nitrogens with zero attached hydrogens (tertiary/aromatic N) is 1. The lowest BCUT2D eigenvalue weighted by Crippen LogP contribution is -2.15. The first kappa shape index (κ1) is 6.90. The summed E-state index contributed by atoms with van der Waals surface area (Å²) in [6.45, 7) is 0.491. The van der Waals surface area contributed by atoms with Crippen LogP contribution in [-0.4, -0.2) is 23.8 Å². The van der Waals surface area contributed by atoms with Crippen LogP contribution >= 0.6 is 0 Å². The minimum Gasteiger partial charge on any atom is -0.365 e. The second kappa shape index (κ2) is 2.37. The predicted molar refractivity (Wildman–Crippen MR) is 45.4 cm³/mol. The number of H-pyrrole nitrogens is 1. The van der Waals surface area contributed by atoms with Gasteiger partial charge in [-0.05, 0) is 0 Å². The van der Waals surface area contributed by atoms with Gasteiger partial charge in [-0.2, -0.15) is 0 Å². The summed E-state index contributed by atoms with van der Waals surface area (Å²) >= 11 is 0. The minimum absolute atomic E-state index is 0.435. The summed E-state index contributed by atoms with van der Waals surface area (Å²) in [7, 11) is 0. The van der Waals surface area contributed by atoms with Crippen molar-refractivity contribution in [1.82, 2.24) is 4.98 Å². The molecule has 2 rings (SSSR count). The van der Waals surface area contributed by atoms with Crippen molar-refractivity contribution in [1.29, 1.82) is 0 Å². The summed E-state index contributed by atoms with van der Waals surface area (Å²) in [6, 6.07) is 0. The quantitative estimate of drug-likeness (QED) is 0.542. The smallest absolute Gasteiger partial charge is 0.252 e. The van der Waals surface area contributed by atoms with E-state index in [-0.39, 0.29) is 0 Å². The van der Waals surface area contributed by atoms with Crippen LogP contribution in [0.1, 0.15) is 16.1 Å². The van der Waals surface area contributed by atoms with Gasteiger partial charge in [-0.15, -0.1) is 0 Å².